The molecule has 0 aliphatic carbocycles. The Hall–Kier alpha value is -0.770. The van der Waals surface area contributed by atoms with Gasteiger partial charge in [-0.3, -0.25) is 9.69 Å². The molecule has 0 spiro atoms. The average molecular weight is 474 g/mol. The van der Waals surface area contributed by atoms with E-state index < -0.39 is 41.7 Å². The number of nitrogens with zero attached hydrogens (tertiary/aromatic N) is 1. The van der Waals surface area contributed by atoms with Crippen molar-refractivity contribution in [1.29, 1.82) is 0 Å². The first-order valence-electron chi connectivity index (χ1n) is 12.4. The molecule has 8 heteroatoms. The zero-order valence-corrected chi connectivity index (χ0v) is 21.8. The van der Waals surface area contributed by atoms with Crippen LogP contribution < -0.4 is 0 Å². The van der Waals surface area contributed by atoms with Gasteiger partial charge in [0, 0.05) is 13.0 Å². The Bertz CT molecular complexity index is 630. The van der Waals surface area contributed by atoms with E-state index in [1.807, 2.05) is 20.8 Å². The second-order valence-corrected chi connectivity index (χ2v) is 11.6. The lowest BCUT2D eigenvalue weighted by atomic mass is 9.80. The molecule has 8 nitrogen and oxygen atoms in total. The molecule has 2 heterocycles. The van der Waals surface area contributed by atoms with Crippen LogP contribution in [0.5, 0.6) is 0 Å². The van der Waals surface area contributed by atoms with E-state index in [9.17, 15) is 20.1 Å². The molecule has 0 aromatic carbocycles. The fraction of sp³-hybridized carbons (Fsp3) is 0.960. The number of rotatable bonds is 2. The van der Waals surface area contributed by atoms with Crippen LogP contribution in [0.2, 0.25) is 0 Å². The maximum Gasteiger partial charge on any atom is 0.311 e. The van der Waals surface area contributed by atoms with Crippen LogP contribution in [-0.4, -0.2) is 82.3 Å². The van der Waals surface area contributed by atoms with Gasteiger partial charge in [-0.25, -0.2) is 0 Å². The van der Waals surface area contributed by atoms with Crippen molar-refractivity contribution < 1.29 is 34.3 Å². The van der Waals surface area contributed by atoms with E-state index >= 15 is 0 Å². The van der Waals surface area contributed by atoms with Crippen molar-refractivity contribution in [1.82, 2.24) is 4.90 Å². The third kappa shape index (κ3) is 8.15. The summed E-state index contributed by atoms with van der Waals surface area (Å²) in [6.07, 6.45) is 0.576. The molecule has 0 unspecified atom stereocenters. The van der Waals surface area contributed by atoms with Crippen molar-refractivity contribution in [3.05, 3.63) is 0 Å². The highest BCUT2D eigenvalue weighted by Gasteiger charge is 2.41. The molecule has 0 amide bonds. The maximum atomic E-state index is 13.0. The minimum Gasteiger partial charge on any atom is -0.462 e. The van der Waals surface area contributed by atoms with Gasteiger partial charge in [-0.2, -0.15) is 0 Å². The molecule has 0 aromatic heterocycles. The Balaban J connectivity index is 2.29. The number of ether oxygens (including phenoxy) is 3. The van der Waals surface area contributed by atoms with Crippen LogP contribution >= 0.6 is 0 Å². The summed E-state index contributed by atoms with van der Waals surface area (Å²) in [5, 5.41) is 32.6. The summed E-state index contributed by atoms with van der Waals surface area (Å²) in [6.45, 7) is 13.3. The first kappa shape index (κ1) is 28.5. The van der Waals surface area contributed by atoms with E-state index in [-0.39, 0.29) is 24.5 Å². The average Bonchev–Trinajstić information content (AvgIpc) is 2.66. The molecule has 0 radical (unpaired) electrons. The highest BCUT2D eigenvalue weighted by atomic mass is 16.7. The summed E-state index contributed by atoms with van der Waals surface area (Å²) in [4.78, 5) is 14.6. The fourth-order valence-electron chi connectivity index (χ4n) is 5.70. The molecule has 0 aromatic rings. The molecule has 2 rings (SSSR count). The second kappa shape index (κ2) is 11.3. The lowest BCUT2D eigenvalue weighted by molar-refractivity contribution is -0.240. The summed E-state index contributed by atoms with van der Waals surface area (Å²) in [5.74, 6) is -0.778. The van der Waals surface area contributed by atoms with Crippen molar-refractivity contribution in [2.75, 3.05) is 20.2 Å². The third-order valence-corrected chi connectivity index (χ3v) is 7.08. The van der Waals surface area contributed by atoms with Gasteiger partial charge in [0.2, 0.25) is 0 Å². The third-order valence-electron chi connectivity index (χ3n) is 7.08. The van der Waals surface area contributed by atoms with Gasteiger partial charge in [0.15, 0.2) is 6.29 Å². The van der Waals surface area contributed by atoms with Crippen LogP contribution in [0.25, 0.3) is 0 Å². The minimum absolute atomic E-state index is 0.0632. The first-order valence-corrected chi connectivity index (χ1v) is 12.4. The smallest absolute Gasteiger partial charge is 0.311 e. The molecule has 33 heavy (non-hydrogen) atoms. The van der Waals surface area contributed by atoms with Crippen molar-refractivity contribution in [2.24, 2.45) is 23.7 Å². The SMILES string of the molecule is C[C@H]1C[C@H](O[C@H]2[C@H](C)C[C@](C)(O)C[C@@H](C)CN(C)[C@@H](O)[C@](C)(O)COC(=O)[C@@H]2C)O[C@@H](C)C1. The zero-order valence-electron chi connectivity index (χ0n) is 21.8. The van der Waals surface area contributed by atoms with Crippen LogP contribution in [-0.2, 0) is 19.0 Å². The van der Waals surface area contributed by atoms with Gasteiger partial charge in [0.05, 0.1) is 23.7 Å². The second-order valence-electron chi connectivity index (χ2n) is 11.6. The molecule has 0 saturated carbocycles. The van der Waals surface area contributed by atoms with E-state index in [1.54, 1.807) is 25.8 Å². The lowest BCUT2D eigenvalue weighted by Crippen LogP contribution is -2.54. The molecule has 3 N–H and O–H groups in total. The van der Waals surface area contributed by atoms with Crippen LogP contribution in [0.3, 0.4) is 0 Å². The Morgan fingerprint density at radius 1 is 1.03 bits per heavy atom. The topological polar surface area (TPSA) is 109 Å². The number of likely N-dealkylation sites (N-methyl/N-ethyl adjacent to an activating group) is 1. The molecule has 2 aliphatic heterocycles. The summed E-state index contributed by atoms with van der Waals surface area (Å²) in [6, 6.07) is 0. The van der Waals surface area contributed by atoms with Crippen LogP contribution in [0.15, 0.2) is 0 Å². The summed E-state index contributed by atoms with van der Waals surface area (Å²) < 4.78 is 17.9. The molecule has 2 aliphatic rings. The standard InChI is InChI=1S/C25H47NO7/c1-15-9-18(4)32-20(10-15)33-21-17(3)12-24(6,29)11-16(2)13-26(8)23(28)25(7,30)14-31-22(27)19(21)5/h15-21,23,28-30H,9-14H2,1-8H3/t15-,16-,17-,18+,19-,20+,21+,23+,24-,25-/m1/s1. The quantitative estimate of drug-likeness (QED) is 0.525. The predicted molar refractivity (Wildman–Crippen MR) is 125 cm³/mol. The van der Waals surface area contributed by atoms with Crippen LogP contribution in [0, 0.1) is 23.7 Å². The van der Waals surface area contributed by atoms with Crippen molar-refractivity contribution in [3.63, 3.8) is 0 Å². The van der Waals surface area contributed by atoms with E-state index in [0.717, 1.165) is 12.8 Å². The number of aliphatic hydroxyl groups is 3. The highest BCUT2D eigenvalue weighted by molar-refractivity contribution is 5.72. The van der Waals surface area contributed by atoms with Gasteiger partial charge < -0.3 is 29.5 Å². The largest absolute Gasteiger partial charge is 0.462 e. The number of esters is 1. The molecule has 194 valence electrons. The Labute approximate surface area is 199 Å². The van der Waals surface area contributed by atoms with E-state index in [4.69, 9.17) is 14.2 Å². The maximum absolute atomic E-state index is 13.0. The Kier molecular flexibility index (Phi) is 9.76. The van der Waals surface area contributed by atoms with Gasteiger partial charge in [0.25, 0.3) is 0 Å². The monoisotopic (exact) mass is 473 g/mol. The Morgan fingerprint density at radius 3 is 2.27 bits per heavy atom. The van der Waals surface area contributed by atoms with Gasteiger partial charge in [0.1, 0.15) is 18.4 Å². The van der Waals surface area contributed by atoms with E-state index in [0.29, 0.717) is 25.3 Å². The molecule has 10 atom stereocenters. The predicted octanol–water partition coefficient (Wildman–Crippen LogP) is 2.53. The summed E-state index contributed by atoms with van der Waals surface area (Å²) in [5.41, 5.74) is -2.63. The number of hydrogen-bond acceptors (Lipinski definition) is 8. The fourth-order valence-corrected chi connectivity index (χ4v) is 5.70. The van der Waals surface area contributed by atoms with Crippen LogP contribution in [0.1, 0.15) is 74.1 Å². The summed E-state index contributed by atoms with van der Waals surface area (Å²) in [7, 11) is 1.71. The first-order chi connectivity index (χ1) is 15.1. The number of cyclic esters (lactones) is 1. The van der Waals surface area contributed by atoms with Crippen molar-refractivity contribution >= 4 is 5.97 Å². The van der Waals surface area contributed by atoms with Gasteiger partial charge >= 0.3 is 5.97 Å². The number of aliphatic hydroxyl groups excluding tert-OH is 1. The van der Waals surface area contributed by atoms with Gasteiger partial charge in [-0.1, -0.05) is 20.8 Å². The molecule has 2 fully saturated rings. The lowest BCUT2D eigenvalue weighted by Gasteiger charge is -2.41. The van der Waals surface area contributed by atoms with E-state index in [2.05, 4.69) is 6.92 Å². The zero-order chi connectivity index (χ0) is 25.1. The molecule has 0 bridgehead atoms. The number of carbonyl (C=O) groups excluding carboxylic acids is 1. The molecule has 2 saturated heterocycles. The van der Waals surface area contributed by atoms with Gasteiger partial charge in [-0.15, -0.1) is 0 Å². The number of carbonyl (C=O) groups is 1. The van der Waals surface area contributed by atoms with Gasteiger partial charge in [-0.05, 0) is 71.8 Å². The normalized spacial score (nSPS) is 47.5. The van der Waals surface area contributed by atoms with Crippen molar-refractivity contribution in [2.45, 2.75) is 110 Å². The minimum atomic E-state index is -1.64. The highest BCUT2D eigenvalue weighted by Crippen LogP contribution is 2.34. The molecular formula is C25H47NO7. The molecular weight excluding hydrogens is 426 g/mol. The number of hydrogen-bond donors (Lipinski definition) is 3. The Morgan fingerprint density at radius 2 is 1.67 bits per heavy atom. The van der Waals surface area contributed by atoms with E-state index in [1.165, 1.54) is 6.92 Å². The summed E-state index contributed by atoms with van der Waals surface area (Å²) >= 11 is 0. The van der Waals surface area contributed by atoms with Crippen molar-refractivity contribution in [3.8, 4) is 0 Å². The van der Waals surface area contributed by atoms with Crippen LogP contribution in [0.4, 0.5) is 0 Å².